The Morgan fingerprint density at radius 3 is 2.85 bits per heavy atom. The van der Waals surface area contributed by atoms with Gasteiger partial charge in [-0.2, -0.15) is 5.10 Å². The normalized spacial score (nSPS) is 17.3. The Bertz CT molecular complexity index is 836. The van der Waals surface area contributed by atoms with E-state index in [1.54, 1.807) is 32.9 Å². The highest BCUT2D eigenvalue weighted by Crippen LogP contribution is 2.33. The number of fused-ring (bicyclic) bond motifs is 1. The first-order chi connectivity index (χ1) is 13.2. The van der Waals surface area contributed by atoms with Gasteiger partial charge in [0.2, 0.25) is 18.6 Å². The van der Waals surface area contributed by atoms with Crippen LogP contribution in [0.1, 0.15) is 24.9 Å². The van der Waals surface area contributed by atoms with Gasteiger partial charge in [-0.05, 0) is 30.2 Å². The fourth-order valence-electron chi connectivity index (χ4n) is 3.47. The topological polar surface area (TPSA) is 76.9 Å². The first kappa shape index (κ1) is 17.4. The highest BCUT2D eigenvalue weighted by Gasteiger charge is 2.31. The van der Waals surface area contributed by atoms with Crippen molar-refractivity contribution in [3.05, 3.63) is 42.2 Å². The third-order valence-corrected chi connectivity index (χ3v) is 4.96. The van der Waals surface area contributed by atoms with Gasteiger partial charge in [0.1, 0.15) is 6.04 Å². The molecule has 0 radical (unpaired) electrons. The van der Waals surface area contributed by atoms with Crippen LogP contribution in [0.2, 0.25) is 0 Å². The first-order valence-electron chi connectivity index (χ1n) is 9.10. The second kappa shape index (κ2) is 7.30. The minimum absolute atomic E-state index is 0.0532. The van der Waals surface area contributed by atoms with E-state index in [-0.39, 0.29) is 31.2 Å². The lowest BCUT2D eigenvalue weighted by atomic mass is 10.1. The van der Waals surface area contributed by atoms with Gasteiger partial charge in [0.15, 0.2) is 11.5 Å². The average Bonchev–Trinajstić information content (AvgIpc) is 3.35. The number of aromatic nitrogens is 2. The number of amides is 2. The van der Waals surface area contributed by atoms with E-state index in [9.17, 15) is 9.59 Å². The maximum Gasteiger partial charge on any atom is 0.247 e. The molecule has 0 bridgehead atoms. The van der Waals surface area contributed by atoms with Gasteiger partial charge in [-0.15, -0.1) is 0 Å². The molecule has 1 fully saturated rings. The minimum atomic E-state index is -0.367. The molecule has 3 heterocycles. The van der Waals surface area contributed by atoms with Gasteiger partial charge < -0.3 is 19.3 Å². The van der Waals surface area contributed by atoms with Crippen molar-refractivity contribution < 1.29 is 19.1 Å². The number of carbonyl (C=O) groups excluding carboxylic acids is 2. The van der Waals surface area contributed by atoms with E-state index in [0.29, 0.717) is 31.8 Å². The van der Waals surface area contributed by atoms with E-state index in [2.05, 4.69) is 5.10 Å². The van der Waals surface area contributed by atoms with Crippen LogP contribution in [-0.4, -0.2) is 57.8 Å². The van der Waals surface area contributed by atoms with Gasteiger partial charge in [0.05, 0.1) is 6.54 Å². The molecular weight excluding hydrogens is 348 g/mol. The van der Waals surface area contributed by atoms with Crippen molar-refractivity contribution in [2.75, 3.05) is 26.4 Å². The molecule has 1 aromatic heterocycles. The molecule has 142 valence electrons. The van der Waals surface area contributed by atoms with Crippen LogP contribution in [0.5, 0.6) is 11.5 Å². The van der Waals surface area contributed by atoms with Crippen LogP contribution in [-0.2, 0) is 16.1 Å². The summed E-state index contributed by atoms with van der Waals surface area (Å²) in [7, 11) is 0. The van der Waals surface area contributed by atoms with Gasteiger partial charge in [-0.1, -0.05) is 13.0 Å². The van der Waals surface area contributed by atoms with Crippen LogP contribution < -0.4 is 9.47 Å². The average molecular weight is 370 g/mol. The zero-order chi connectivity index (χ0) is 18.8. The van der Waals surface area contributed by atoms with Crippen LogP contribution in [0.15, 0.2) is 36.7 Å². The van der Waals surface area contributed by atoms with Crippen molar-refractivity contribution in [2.24, 2.45) is 0 Å². The fraction of sp³-hybridized carbons (Fsp3) is 0.421. The third-order valence-electron chi connectivity index (χ3n) is 4.96. The highest BCUT2D eigenvalue weighted by atomic mass is 16.7. The van der Waals surface area contributed by atoms with E-state index in [1.807, 2.05) is 25.1 Å². The summed E-state index contributed by atoms with van der Waals surface area (Å²) in [6.07, 6.45) is 4.07. The summed E-state index contributed by atoms with van der Waals surface area (Å²) in [5, 5.41) is 4.17. The molecule has 0 aliphatic carbocycles. The standard InChI is InChI=1S/C19H22N4O4/c1-2-15(23-7-3-6-20-23)19(25)22-9-8-21(18(24)12-22)11-14-4-5-16-17(10-14)27-13-26-16/h3-7,10,15H,2,8-9,11-13H2,1H3/t15-/m1/s1. The lowest BCUT2D eigenvalue weighted by molar-refractivity contribution is -0.147. The summed E-state index contributed by atoms with van der Waals surface area (Å²) in [4.78, 5) is 28.8. The monoisotopic (exact) mass is 370 g/mol. The summed E-state index contributed by atoms with van der Waals surface area (Å²) >= 11 is 0. The van der Waals surface area contributed by atoms with Crippen LogP contribution in [0, 0.1) is 0 Å². The van der Waals surface area contributed by atoms with Crippen LogP contribution >= 0.6 is 0 Å². The number of nitrogens with zero attached hydrogens (tertiary/aromatic N) is 4. The Hall–Kier alpha value is -3.03. The molecule has 1 atom stereocenters. The van der Waals surface area contributed by atoms with E-state index in [0.717, 1.165) is 11.3 Å². The Labute approximate surface area is 157 Å². The smallest absolute Gasteiger partial charge is 0.247 e. The van der Waals surface area contributed by atoms with Crippen molar-refractivity contribution in [3.8, 4) is 11.5 Å². The van der Waals surface area contributed by atoms with Crippen LogP contribution in [0.25, 0.3) is 0 Å². The summed E-state index contributed by atoms with van der Waals surface area (Å²) < 4.78 is 12.4. The van der Waals surface area contributed by atoms with Crippen LogP contribution in [0.3, 0.4) is 0 Å². The molecule has 1 aromatic carbocycles. The zero-order valence-corrected chi connectivity index (χ0v) is 15.2. The quantitative estimate of drug-likeness (QED) is 0.796. The maximum absolute atomic E-state index is 12.8. The van der Waals surface area contributed by atoms with Gasteiger partial charge in [0, 0.05) is 32.0 Å². The van der Waals surface area contributed by atoms with E-state index in [1.165, 1.54) is 0 Å². The number of rotatable bonds is 5. The molecule has 8 nitrogen and oxygen atoms in total. The predicted molar refractivity (Wildman–Crippen MR) is 96.1 cm³/mol. The fourth-order valence-corrected chi connectivity index (χ4v) is 3.47. The molecule has 2 aliphatic rings. The molecule has 0 saturated carbocycles. The number of hydrogen-bond acceptors (Lipinski definition) is 5. The second-order valence-electron chi connectivity index (χ2n) is 6.67. The first-order valence-corrected chi connectivity index (χ1v) is 9.10. The van der Waals surface area contributed by atoms with Crippen molar-refractivity contribution in [2.45, 2.75) is 25.9 Å². The molecule has 2 amide bonds. The number of hydrogen-bond donors (Lipinski definition) is 0. The largest absolute Gasteiger partial charge is 0.454 e. The van der Waals surface area contributed by atoms with Gasteiger partial charge >= 0.3 is 0 Å². The van der Waals surface area contributed by atoms with E-state index in [4.69, 9.17) is 9.47 Å². The number of piperazine rings is 1. The number of carbonyl (C=O) groups is 2. The van der Waals surface area contributed by atoms with Gasteiger partial charge in [-0.25, -0.2) is 0 Å². The number of benzene rings is 1. The van der Waals surface area contributed by atoms with E-state index < -0.39 is 0 Å². The van der Waals surface area contributed by atoms with Crippen LogP contribution in [0.4, 0.5) is 0 Å². The van der Waals surface area contributed by atoms with Gasteiger partial charge in [-0.3, -0.25) is 14.3 Å². The Morgan fingerprint density at radius 1 is 1.26 bits per heavy atom. The second-order valence-corrected chi connectivity index (χ2v) is 6.67. The molecule has 2 aromatic rings. The zero-order valence-electron chi connectivity index (χ0n) is 15.2. The Morgan fingerprint density at radius 2 is 2.11 bits per heavy atom. The molecule has 0 N–H and O–H groups in total. The summed E-state index contributed by atoms with van der Waals surface area (Å²) in [6, 6.07) is 7.12. The Balaban J connectivity index is 1.39. The molecule has 4 rings (SSSR count). The molecule has 8 heteroatoms. The molecule has 27 heavy (non-hydrogen) atoms. The Kier molecular flexibility index (Phi) is 4.70. The molecule has 1 saturated heterocycles. The highest BCUT2D eigenvalue weighted by molar-refractivity contribution is 5.87. The molecule has 0 spiro atoms. The predicted octanol–water partition coefficient (Wildman–Crippen LogP) is 1.43. The minimum Gasteiger partial charge on any atom is -0.454 e. The molecule has 2 aliphatic heterocycles. The van der Waals surface area contributed by atoms with Crippen molar-refractivity contribution >= 4 is 11.8 Å². The van der Waals surface area contributed by atoms with E-state index >= 15 is 0 Å². The maximum atomic E-state index is 12.8. The summed E-state index contributed by atoms with van der Waals surface area (Å²) in [6.45, 7) is 3.80. The summed E-state index contributed by atoms with van der Waals surface area (Å²) in [5.41, 5.74) is 0.982. The lowest BCUT2D eigenvalue weighted by Crippen LogP contribution is -2.53. The van der Waals surface area contributed by atoms with Crippen molar-refractivity contribution in [1.29, 1.82) is 0 Å². The summed E-state index contributed by atoms with van der Waals surface area (Å²) in [5.74, 6) is 1.32. The lowest BCUT2D eigenvalue weighted by Gasteiger charge is -2.36. The third kappa shape index (κ3) is 3.47. The molecular formula is C19H22N4O4. The SMILES string of the molecule is CC[C@H](C(=O)N1CCN(Cc2ccc3c(c2)OCO3)C(=O)C1)n1cccn1. The van der Waals surface area contributed by atoms with Crippen molar-refractivity contribution in [1.82, 2.24) is 19.6 Å². The molecule has 0 unspecified atom stereocenters. The number of ether oxygens (including phenoxy) is 2. The van der Waals surface area contributed by atoms with Crippen molar-refractivity contribution in [3.63, 3.8) is 0 Å². The van der Waals surface area contributed by atoms with Gasteiger partial charge in [0.25, 0.3) is 0 Å².